The van der Waals surface area contributed by atoms with Crippen LogP contribution in [-0.2, 0) is 19.1 Å². The number of carbonyl (C=O) groups excluding carboxylic acids is 3. The lowest BCUT2D eigenvalue weighted by atomic mass is 9.66. The average molecular weight is 591 g/mol. The molecule has 3 aliphatic rings. The largest absolute Gasteiger partial charge is 0.465 e. The molecule has 0 aromatic rings. The van der Waals surface area contributed by atoms with E-state index in [2.05, 4.69) is 54.7 Å². The fourth-order valence-corrected chi connectivity index (χ4v) is 10.2. The highest BCUT2D eigenvalue weighted by Crippen LogP contribution is 2.71. The Morgan fingerprint density at radius 2 is 1.80 bits per heavy atom. The second-order valence-electron chi connectivity index (χ2n) is 14.3. The van der Waals surface area contributed by atoms with Crippen molar-refractivity contribution in [3.8, 4) is 0 Å². The average Bonchev–Trinajstić information content (AvgIpc) is 3.43. The zero-order valence-electron chi connectivity index (χ0n) is 26.4. The SMILES string of the molecule is C=CCCCCOC(=O)[C@@H]1[C@H]2C(=O)N(CCCCCO)C(C(=O)N(CC=C)C(C)(C)CC(C)(C)C)C23CC[C@@]1(C)S3. The number of amides is 2. The van der Waals surface area contributed by atoms with Crippen LogP contribution in [0.15, 0.2) is 25.3 Å². The number of ether oxygens (including phenoxy) is 1. The summed E-state index contributed by atoms with van der Waals surface area (Å²) in [5.74, 6) is -1.59. The van der Waals surface area contributed by atoms with Gasteiger partial charge in [-0.3, -0.25) is 14.4 Å². The zero-order chi connectivity index (χ0) is 30.6. The van der Waals surface area contributed by atoms with Gasteiger partial charge in [-0.05, 0) is 84.0 Å². The Morgan fingerprint density at radius 1 is 1.10 bits per heavy atom. The van der Waals surface area contributed by atoms with E-state index < -0.39 is 32.9 Å². The van der Waals surface area contributed by atoms with E-state index in [0.717, 1.165) is 44.9 Å². The number of unbranched alkanes of at least 4 members (excludes halogenated alkanes) is 4. The summed E-state index contributed by atoms with van der Waals surface area (Å²) >= 11 is 1.69. The predicted octanol–water partition coefficient (Wildman–Crippen LogP) is 5.76. The molecule has 1 N–H and O–H groups in total. The van der Waals surface area contributed by atoms with Gasteiger partial charge in [-0.2, -0.15) is 0 Å². The third kappa shape index (κ3) is 6.90. The number of rotatable bonds is 16. The highest BCUT2D eigenvalue weighted by molar-refractivity contribution is 8.02. The molecule has 3 saturated heterocycles. The molecule has 2 bridgehead atoms. The Balaban J connectivity index is 1.99. The van der Waals surface area contributed by atoms with Gasteiger partial charge in [-0.25, -0.2) is 0 Å². The van der Waals surface area contributed by atoms with Gasteiger partial charge in [-0.15, -0.1) is 24.9 Å². The van der Waals surface area contributed by atoms with Crippen LogP contribution in [0.1, 0.15) is 99.3 Å². The smallest absolute Gasteiger partial charge is 0.311 e. The summed E-state index contributed by atoms with van der Waals surface area (Å²) in [4.78, 5) is 46.5. The number of aliphatic hydroxyl groups is 1. The molecule has 8 heteroatoms. The third-order valence-corrected chi connectivity index (χ3v) is 11.1. The minimum absolute atomic E-state index is 0.00589. The van der Waals surface area contributed by atoms with Crippen molar-refractivity contribution < 1.29 is 24.2 Å². The molecular formula is C33H54N2O5S. The molecular weight excluding hydrogens is 536 g/mol. The van der Waals surface area contributed by atoms with Crippen LogP contribution in [0.2, 0.25) is 0 Å². The first-order valence-electron chi connectivity index (χ1n) is 15.5. The summed E-state index contributed by atoms with van der Waals surface area (Å²) in [7, 11) is 0. The fraction of sp³-hybridized carbons (Fsp3) is 0.788. The molecule has 3 heterocycles. The van der Waals surface area contributed by atoms with E-state index in [-0.39, 0.29) is 29.8 Å². The maximum atomic E-state index is 14.8. The first-order valence-corrected chi connectivity index (χ1v) is 16.3. The molecule has 3 aliphatic heterocycles. The lowest BCUT2D eigenvalue weighted by Gasteiger charge is -2.46. The second-order valence-corrected chi connectivity index (χ2v) is 16.2. The second kappa shape index (κ2) is 13.2. The van der Waals surface area contributed by atoms with Gasteiger partial charge in [0.25, 0.3) is 0 Å². The molecule has 2 unspecified atom stereocenters. The molecule has 0 saturated carbocycles. The van der Waals surface area contributed by atoms with E-state index >= 15 is 0 Å². The monoisotopic (exact) mass is 590 g/mol. The number of aliphatic hydroxyl groups excluding tert-OH is 1. The number of carbonyl (C=O) groups is 3. The van der Waals surface area contributed by atoms with E-state index in [9.17, 15) is 19.5 Å². The number of fused-ring (bicyclic) bond motifs is 1. The Bertz CT molecular complexity index is 991. The number of thioether (sulfide) groups is 1. The molecule has 0 radical (unpaired) electrons. The van der Waals surface area contributed by atoms with Crippen LogP contribution in [0.4, 0.5) is 0 Å². The number of likely N-dealkylation sites (tertiary alicyclic amines) is 1. The standard InChI is InChI=1S/C33H54N2O5S/c1-9-11-12-16-22-40-29(39)25-24-27(37)34(20-14-13-15-21-36)26(33(24)18-17-32(25,8)41-33)28(38)35(19-10-2)31(6,7)23-30(3,4)5/h9-10,24-26,36H,1-2,11-23H2,3-8H3/t24-,25-,26?,32+,33?/m0/s1. The molecule has 0 aromatic heterocycles. The van der Waals surface area contributed by atoms with Gasteiger partial charge >= 0.3 is 5.97 Å². The van der Waals surface area contributed by atoms with Gasteiger partial charge < -0.3 is 19.6 Å². The van der Waals surface area contributed by atoms with Crippen LogP contribution in [0.5, 0.6) is 0 Å². The summed E-state index contributed by atoms with van der Waals surface area (Å²) in [6, 6.07) is -0.648. The molecule has 232 valence electrons. The minimum Gasteiger partial charge on any atom is -0.465 e. The number of nitrogens with zero attached hydrogens (tertiary/aromatic N) is 2. The number of hydrogen-bond donors (Lipinski definition) is 1. The van der Waals surface area contributed by atoms with Crippen molar-refractivity contribution in [1.82, 2.24) is 9.80 Å². The van der Waals surface area contributed by atoms with Crippen molar-refractivity contribution in [3.63, 3.8) is 0 Å². The van der Waals surface area contributed by atoms with Gasteiger partial charge in [-0.1, -0.05) is 32.9 Å². The van der Waals surface area contributed by atoms with Crippen LogP contribution in [-0.4, -0.2) is 80.1 Å². The van der Waals surface area contributed by atoms with Crippen LogP contribution in [0, 0.1) is 17.3 Å². The zero-order valence-corrected chi connectivity index (χ0v) is 27.2. The van der Waals surface area contributed by atoms with Crippen LogP contribution < -0.4 is 0 Å². The van der Waals surface area contributed by atoms with Gasteiger partial charge in [0.15, 0.2) is 0 Å². The van der Waals surface area contributed by atoms with E-state index in [1.54, 1.807) is 22.7 Å². The van der Waals surface area contributed by atoms with Crippen LogP contribution in [0.3, 0.4) is 0 Å². The lowest BCUT2D eigenvalue weighted by Crippen LogP contribution is -2.60. The quantitative estimate of drug-likeness (QED) is 0.140. The molecule has 5 atom stereocenters. The van der Waals surface area contributed by atoms with Crippen molar-refractivity contribution in [1.29, 1.82) is 0 Å². The summed E-state index contributed by atoms with van der Waals surface area (Å²) in [5, 5.41) is 9.31. The lowest BCUT2D eigenvalue weighted by molar-refractivity contribution is -0.155. The molecule has 3 rings (SSSR count). The van der Waals surface area contributed by atoms with E-state index in [0.29, 0.717) is 32.5 Å². The summed E-state index contributed by atoms with van der Waals surface area (Å²) in [6.45, 7) is 21.8. The van der Waals surface area contributed by atoms with E-state index in [4.69, 9.17) is 4.74 Å². The molecule has 7 nitrogen and oxygen atoms in total. The van der Waals surface area contributed by atoms with Gasteiger partial charge in [0.1, 0.15) is 6.04 Å². The molecule has 0 aliphatic carbocycles. The minimum atomic E-state index is -0.663. The third-order valence-electron chi connectivity index (χ3n) is 9.14. The van der Waals surface area contributed by atoms with E-state index in [1.165, 1.54) is 0 Å². The van der Waals surface area contributed by atoms with Crippen molar-refractivity contribution in [2.75, 3.05) is 26.3 Å². The number of esters is 1. The van der Waals surface area contributed by atoms with Gasteiger partial charge in [0.05, 0.1) is 23.2 Å². The highest BCUT2D eigenvalue weighted by Gasteiger charge is 2.77. The first kappa shape index (κ1) is 33.7. The molecule has 1 spiro atoms. The highest BCUT2D eigenvalue weighted by atomic mass is 32.2. The number of hydrogen-bond acceptors (Lipinski definition) is 6. The predicted molar refractivity (Wildman–Crippen MR) is 166 cm³/mol. The molecule has 41 heavy (non-hydrogen) atoms. The van der Waals surface area contributed by atoms with Gasteiger partial charge in [0.2, 0.25) is 11.8 Å². The van der Waals surface area contributed by atoms with Crippen molar-refractivity contribution >= 4 is 29.5 Å². The van der Waals surface area contributed by atoms with Crippen molar-refractivity contribution in [2.24, 2.45) is 17.3 Å². The normalized spacial score (nSPS) is 29.0. The van der Waals surface area contributed by atoms with Crippen LogP contribution in [0.25, 0.3) is 0 Å². The molecule has 0 aromatic carbocycles. The Hall–Kier alpha value is -1.80. The van der Waals surface area contributed by atoms with Crippen molar-refractivity contribution in [3.05, 3.63) is 25.3 Å². The molecule has 2 amide bonds. The summed E-state index contributed by atoms with van der Waals surface area (Å²) in [6.07, 6.45) is 10.6. The topological polar surface area (TPSA) is 87.1 Å². The van der Waals surface area contributed by atoms with Gasteiger partial charge in [0, 0.05) is 30.0 Å². The summed E-state index contributed by atoms with van der Waals surface area (Å²) < 4.78 is 4.69. The number of allylic oxidation sites excluding steroid dienone is 1. The summed E-state index contributed by atoms with van der Waals surface area (Å²) in [5.41, 5.74) is -0.465. The van der Waals surface area contributed by atoms with E-state index in [1.807, 2.05) is 11.0 Å². The first-order chi connectivity index (χ1) is 19.2. The fourth-order valence-electron chi connectivity index (χ4n) is 7.83. The maximum Gasteiger partial charge on any atom is 0.311 e. The Morgan fingerprint density at radius 3 is 2.41 bits per heavy atom. The van der Waals surface area contributed by atoms with Crippen molar-refractivity contribution in [2.45, 2.75) is 120 Å². The maximum absolute atomic E-state index is 14.8. The molecule has 3 fully saturated rings. The Labute approximate surface area is 252 Å². The Kier molecular flexibility index (Phi) is 10.9. The van der Waals surface area contributed by atoms with Crippen LogP contribution >= 0.6 is 11.8 Å².